The van der Waals surface area contributed by atoms with Crippen molar-refractivity contribution in [2.45, 2.75) is 44.4 Å². The molecule has 2 aromatic carbocycles. The Hall–Kier alpha value is -3.25. The molecule has 0 aliphatic carbocycles. The van der Waals surface area contributed by atoms with E-state index in [-0.39, 0.29) is 16.9 Å². The predicted octanol–water partition coefficient (Wildman–Crippen LogP) is 6.15. The minimum Gasteiger partial charge on any atom is -0.317 e. The van der Waals surface area contributed by atoms with E-state index in [1.165, 1.54) is 42.1 Å². The van der Waals surface area contributed by atoms with E-state index in [9.17, 15) is 20.2 Å². The van der Waals surface area contributed by atoms with Crippen LogP contribution in [0.15, 0.2) is 46.2 Å². The summed E-state index contributed by atoms with van der Waals surface area (Å²) in [5.41, 5.74) is 0.728. The SMILES string of the molecule is C=N.CC.CC.Cc1cc([N+](=O)[O-])ccc1Sc1ccc([N+](=O)[O-])cc1C#N. The van der Waals surface area contributed by atoms with Crippen LogP contribution in [0, 0.1) is 43.9 Å². The standard InChI is InChI=1S/C14H9N3O4S.2C2H6.CH3N/c1-9-6-11(16(18)19)2-4-13(9)22-14-5-3-12(17(20)21)7-10(14)8-15;3*1-2/h2-7H,1H3;2*1-2H3;2H,1H2. The number of nitro benzene ring substituents is 2. The van der Waals surface area contributed by atoms with Crippen molar-refractivity contribution < 1.29 is 9.85 Å². The fraction of sp³-hybridized carbons (Fsp3) is 0.263. The molecule has 0 saturated carbocycles. The van der Waals surface area contributed by atoms with Gasteiger partial charge in [0.15, 0.2) is 0 Å². The van der Waals surface area contributed by atoms with Gasteiger partial charge in [-0.15, -0.1) is 0 Å². The average Bonchev–Trinajstić information content (AvgIpc) is 2.73. The van der Waals surface area contributed by atoms with E-state index < -0.39 is 9.85 Å². The lowest BCUT2D eigenvalue weighted by Gasteiger charge is -2.07. The molecule has 0 fully saturated rings. The highest BCUT2D eigenvalue weighted by atomic mass is 32.2. The second kappa shape index (κ2) is 14.9. The summed E-state index contributed by atoms with van der Waals surface area (Å²) in [7, 11) is 0. The number of nitrogens with zero attached hydrogens (tertiary/aromatic N) is 3. The lowest BCUT2D eigenvalue weighted by Crippen LogP contribution is -1.92. The molecular weight excluding hydrogens is 380 g/mol. The second-order valence-corrected chi connectivity index (χ2v) is 5.44. The molecule has 0 saturated heterocycles. The second-order valence-electron chi connectivity index (χ2n) is 4.36. The molecular formula is C19H24N4O4S. The lowest BCUT2D eigenvalue weighted by atomic mass is 10.2. The minimum atomic E-state index is -0.563. The zero-order valence-corrected chi connectivity index (χ0v) is 17.4. The summed E-state index contributed by atoms with van der Waals surface area (Å²) in [5.74, 6) is 0. The third kappa shape index (κ3) is 7.97. The predicted molar refractivity (Wildman–Crippen MR) is 112 cm³/mol. The summed E-state index contributed by atoms with van der Waals surface area (Å²) in [5, 5.41) is 36.0. The topological polar surface area (TPSA) is 134 Å². The van der Waals surface area contributed by atoms with Gasteiger partial charge in [-0.25, -0.2) is 0 Å². The van der Waals surface area contributed by atoms with Gasteiger partial charge in [0.25, 0.3) is 11.4 Å². The quantitative estimate of drug-likeness (QED) is 0.369. The van der Waals surface area contributed by atoms with Crippen LogP contribution in [0.5, 0.6) is 0 Å². The van der Waals surface area contributed by atoms with Gasteiger partial charge in [0.2, 0.25) is 0 Å². The van der Waals surface area contributed by atoms with Crippen LogP contribution in [-0.4, -0.2) is 16.6 Å². The normalized spacial score (nSPS) is 8.43. The Morgan fingerprint density at radius 3 is 1.75 bits per heavy atom. The molecule has 2 rings (SSSR count). The number of hydrogen-bond donors (Lipinski definition) is 1. The monoisotopic (exact) mass is 404 g/mol. The van der Waals surface area contributed by atoms with Crippen LogP contribution in [0.25, 0.3) is 0 Å². The summed E-state index contributed by atoms with van der Waals surface area (Å²) >= 11 is 1.24. The lowest BCUT2D eigenvalue weighted by molar-refractivity contribution is -0.385. The maximum absolute atomic E-state index is 10.7. The smallest absolute Gasteiger partial charge is 0.270 e. The summed E-state index contributed by atoms with van der Waals surface area (Å²) in [4.78, 5) is 21.7. The maximum Gasteiger partial charge on any atom is 0.270 e. The van der Waals surface area contributed by atoms with Crippen molar-refractivity contribution in [1.82, 2.24) is 0 Å². The van der Waals surface area contributed by atoms with Gasteiger partial charge < -0.3 is 5.41 Å². The first kappa shape index (κ1) is 27.0. The van der Waals surface area contributed by atoms with Crippen LogP contribution in [0.4, 0.5) is 11.4 Å². The van der Waals surface area contributed by atoms with Crippen LogP contribution >= 0.6 is 11.8 Å². The summed E-state index contributed by atoms with van der Waals surface area (Å²) in [6, 6.07) is 10.4. The molecule has 8 nitrogen and oxygen atoms in total. The number of aryl methyl sites for hydroxylation is 1. The highest BCUT2D eigenvalue weighted by Crippen LogP contribution is 2.35. The third-order valence-corrected chi connectivity index (χ3v) is 4.14. The largest absolute Gasteiger partial charge is 0.317 e. The average molecular weight is 404 g/mol. The van der Waals surface area contributed by atoms with Crippen LogP contribution in [0.2, 0.25) is 0 Å². The first-order chi connectivity index (χ1) is 13.4. The third-order valence-electron chi connectivity index (χ3n) is 2.88. The van der Waals surface area contributed by atoms with E-state index in [0.717, 1.165) is 4.90 Å². The van der Waals surface area contributed by atoms with Crippen LogP contribution in [0.3, 0.4) is 0 Å². The van der Waals surface area contributed by atoms with Crippen LogP contribution < -0.4 is 0 Å². The molecule has 0 amide bonds. The number of nitro groups is 2. The van der Waals surface area contributed by atoms with Gasteiger partial charge in [-0.2, -0.15) is 5.26 Å². The number of nitriles is 1. The Labute approximate surface area is 169 Å². The summed E-state index contributed by atoms with van der Waals surface area (Å²) in [6.07, 6.45) is 0. The zero-order chi connectivity index (χ0) is 22.3. The molecule has 0 aliphatic rings. The molecule has 150 valence electrons. The van der Waals surface area contributed by atoms with Crippen LogP contribution in [-0.2, 0) is 0 Å². The Bertz CT molecular complexity index is 835. The fourth-order valence-electron chi connectivity index (χ4n) is 1.79. The maximum atomic E-state index is 10.7. The number of nitrogens with one attached hydrogen (secondary N) is 1. The van der Waals surface area contributed by atoms with Gasteiger partial charge >= 0.3 is 0 Å². The van der Waals surface area contributed by atoms with Gasteiger partial charge in [0.05, 0.1) is 15.4 Å². The van der Waals surface area contributed by atoms with Crippen molar-refractivity contribution in [2.24, 2.45) is 0 Å². The van der Waals surface area contributed by atoms with Gasteiger partial charge in [0, 0.05) is 34.1 Å². The molecule has 0 spiro atoms. The number of benzene rings is 2. The molecule has 0 unspecified atom stereocenters. The van der Waals surface area contributed by atoms with Crippen molar-refractivity contribution in [3.05, 3.63) is 67.8 Å². The molecule has 0 radical (unpaired) electrons. The van der Waals surface area contributed by atoms with Gasteiger partial charge in [-0.05, 0) is 31.3 Å². The number of hydrogen-bond acceptors (Lipinski definition) is 7. The fourth-order valence-corrected chi connectivity index (χ4v) is 2.73. The first-order valence-electron chi connectivity index (χ1n) is 8.39. The molecule has 2 aromatic rings. The van der Waals surface area contributed by atoms with Crippen molar-refractivity contribution in [3.8, 4) is 6.07 Å². The summed E-state index contributed by atoms with van der Waals surface area (Å²) in [6.45, 7) is 12.2. The van der Waals surface area contributed by atoms with E-state index in [0.29, 0.717) is 10.5 Å². The highest BCUT2D eigenvalue weighted by Gasteiger charge is 2.14. The van der Waals surface area contributed by atoms with E-state index in [2.05, 4.69) is 6.72 Å². The Balaban J connectivity index is 0. The highest BCUT2D eigenvalue weighted by molar-refractivity contribution is 7.99. The van der Waals surface area contributed by atoms with Gasteiger partial charge in [-0.3, -0.25) is 20.2 Å². The van der Waals surface area contributed by atoms with Crippen molar-refractivity contribution in [3.63, 3.8) is 0 Å². The molecule has 9 heteroatoms. The molecule has 1 N–H and O–H groups in total. The Morgan fingerprint density at radius 2 is 1.36 bits per heavy atom. The van der Waals surface area contributed by atoms with Crippen molar-refractivity contribution in [2.75, 3.05) is 0 Å². The Morgan fingerprint density at radius 1 is 0.929 bits per heavy atom. The molecule has 0 aliphatic heterocycles. The minimum absolute atomic E-state index is 0.00828. The molecule has 0 aromatic heterocycles. The zero-order valence-electron chi connectivity index (χ0n) is 16.6. The van der Waals surface area contributed by atoms with Crippen molar-refractivity contribution >= 4 is 29.9 Å². The molecule has 0 atom stereocenters. The van der Waals surface area contributed by atoms with Gasteiger partial charge in [-0.1, -0.05) is 39.5 Å². The van der Waals surface area contributed by atoms with E-state index >= 15 is 0 Å². The van der Waals surface area contributed by atoms with Crippen molar-refractivity contribution in [1.29, 1.82) is 10.7 Å². The first-order valence-corrected chi connectivity index (χ1v) is 9.21. The molecule has 28 heavy (non-hydrogen) atoms. The molecule has 0 bridgehead atoms. The Kier molecular flexibility index (Phi) is 14.3. The summed E-state index contributed by atoms with van der Waals surface area (Å²) < 4.78 is 0. The van der Waals surface area contributed by atoms with E-state index in [4.69, 9.17) is 10.7 Å². The van der Waals surface area contributed by atoms with E-state index in [1.54, 1.807) is 13.0 Å². The number of rotatable bonds is 4. The number of non-ortho nitro benzene ring substituents is 2. The molecule has 0 heterocycles. The van der Waals surface area contributed by atoms with E-state index in [1.807, 2.05) is 33.8 Å². The van der Waals surface area contributed by atoms with Crippen LogP contribution in [0.1, 0.15) is 38.8 Å². The van der Waals surface area contributed by atoms with Gasteiger partial charge in [0.1, 0.15) is 6.07 Å².